The number of carbonyl (C=O) groups is 2. The number of esters is 1. The van der Waals surface area contributed by atoms with Gasteiger partial charge in [-0.15, -0.1) is 0 Å². The first-order valence-electron chi connectivity index (χ1n) is 33.3. The van der Waals surface area contributed by atoms with Crippen molar-refractivity contribution < 1.29 is 24.5 Å². The highest BCUT2D eigenvalue weighted by Crippen LogP contribution is 2.18. The standard InChI is InChI=1S/C68H129NO5/c1-3-5-7-9-11-13-15-17-19-21-23-24-25-26-28-29-32-36-40-44-48-52-56-60-66(71)65(64-70)69-67(72)61-57-53-49-45-41-37-33-31-35-39-43-47-51-55-59-63-74-68(73)62-58-54-50-46-42-38-34-30-27-22-20-18-16-14-12-10-8-6-4-2/h18,20,35,39,56,60,65-66,70-71H,3-17,19,21-34,36-38,40-55,57-59,61-64H2,1-2H3,(H,69,72)/b20-18-,39-35-,60-56+. The van der Waals surface area contributed by atoms with E-state index in [-0.39, 0.29) is 18.5 Å². The van der Waals surface area contributed by atoms with Gasteiger partial charge < -0.3 is 20.3 Å². The zero-order chi connectivity index (χ0) is 53.6. The molecule has 0 aliphatic rings. The molecule has 0 heterocycles. The van der Waals surface area contributed by atoms with Crippen LogP contribution in [0.1, 0.15) is 361 Å². The highest BCUT2D eigenvalue weighted by atomic mass is 16.5. The van der Waals surface area contributed by atoms with Crippen LogP contribution >= 0.6 is 0 Å². The van der Waals surface area contributed by atoms with E-state index in [2.05, 4.69) is 43.5 Å². The lowest BCUT2D eigenvalue weighted by molar-refractivity contribution is -0.143. The van der Waals surface area contributed by atoms with Gasteiger partial charge in [-0.3, -0.25) is 9.59 Å². The fourth-order valence-electron chi connectivity index (χ4n) is 10.3. The molecule has 6 heteroatoms. The molecule has 0 saturated heterocycles. The molecule has 1 amide bonds. The topological polar surface area (TPSA) is 95.9 Å². The summed E-state index contributed by atoms with van der Waals surface area (Å²) in [5.41, 5.74) is 0. The molecule has 74 heavy (non-hydrogen) atoms. The maximum absolute atomic E-state index is 12.5. The molecule has 3 N–H and O–H groups in total. The molecule has 0 spiro atoms. The average molecular weight is 1040 g/mol. The monoisotopic (exact) mass is 1040 g/mol. The first kappa shape index (κ1) is 72.1. The second-order valence-electron chi connectivity index (χ2n) is 22.8. The Morgan fingerprint density at radius 3 is 0.959 bits per heavy atom. The minimum Gasteiger partial charge on any atom is -0.466 e. The zero-order valence-electron chi connectivity index (χ0n) is 49.8. The number of aliphatic hydroxyl groups is 2. The van der Waals surface area contributed by atoms with Crippen LogP contribution in [0.2, 0.25) is 0 Å². The molecular formula is C68H129NO5. The molecular weight excluding hydrogens is 911 g/mol. The Kier molecular flexibility index (Phi) is 62.0. The first-order valence-corrected chi connectivity index (χ1v) is 33.3. The largest absolute Gasteiger partial charge is 0.466 e. The fraction of sp³-hybridized carbons (Fsp3) is 0.882. The van der Waals surface area contributed by atoms with Crippen LogP contribution in [0.25, 0.3) is 0 Å². The van der Waals surface area contributed by atoms with E-state index in [0.29, 0.717) is 19.4 Å². The SMILES string of the molecule is CCCCCCCC/C=C\CCCCCCCCCCCC(=O)OCCCCCC/C=C\CCCCCCCCCC(=O)NC(CO)C(O)/C=C/CCCCCCCCCCCCCCCCCCCCCCC. The number of amides is 1. The number of rotatable bonds is 62. The number of hydrogen-bond donors (Lipinski definition) is 3. The molecule has 0 aromatic carbocycles. The molecule has 436 valence electrons. The summed E-state index contributed by atoms with van der Waals surface area (Å²) < 4.78 is 5.48. The summed E-state index contributed by atoms with van der Waals surface area (Å²) in [5, 5.41) is 23.2. The molecule has 0 rings (SSSR count). The molecule has 0 aliphatic heterocycles. The van der Waals surface area contributed by atoms with Gasteiger partial charge in [0.05, 0.1) is 25.4 Å². The van der Waals surface area contributed by atoms with Crippen molar-refractivity contribution in [3.05, 3.63) is 36.5 Å². The third-order valence-corrected chi connectivity index (χ3v) is 15.4. The lowest BCUT2D eigenvalue weighted by Gasteiger charge is -2.20. The van der Waals surface area contributed by atoms with Crippen molar-refractivity contribution in [1.82, 2.24) is 5.32 Å². The molecule has 0 fully saturated rings. The summed E-state index contributed by atoms with van der Waals surface area (Å²) in [6.07, 6.45) is 80.5. The van der Waals surface area contributed by atoms with Crippen molar-refractivity contribution in [3.63, 3.8) is 0 Å². The Morgan fingerprint density at radius 1 is 0.365 bits per heavy atom. The molecule has 0 aromatic rings. The van der Waals surface area contributed by atoms with E-state index in [9.17, 15) is 19.8 Å². The maximum atomic E-state index is 12.5. The smallest absolute Gasteiger partial charge is 0.305 e. The van der Waals surface area contributed by atoms with Crippen molar-refractivity contribution >= 4 is 11.9 Å². The van der Waals surface area contributed by atoms with Gasteiger partial charge in [0.15, 0.2) is 0 Å². The van der Waals surface area contributed by atoms with Gasteiger partial charge >= 0.3 is 5.97 Å². The molecule has 0 saturated carbocycles. The van der Waals surface area contributed by atoms with Crippen LogP contribution in [0.15, 0.2) is 36.5 Å². The Hall–Kier alpha value is -1.92. The van der Waals surface area contributed by atoms with Crippen molar-refractivity contribution in [2.45, 2.75) is 373 Å². The predicted octanol–water partition coefficient (Wildman–Crippen LogP) is 21.1. The van der Waals surface area contributed by atoms with E-state index in [0.717, 1.165) is 70.6 Å². The molecule has 0 aromatic heterocycles. The lowest BCUT2D eigenvalue weighted by Crippen LogP contribution is -2.45. The summed E-state index contributed by atoms with van der Waals surface area (Å²) in [6, 6.07) is -0.641. The summed E-state index contributed by atoms with van der Waals surface area (Å²) >= 11 is 0. The van der Waals surface area contributed by atoms with Crippen LogP contribution in [0.5, 0.6) is 0 Å². The lowest BCUT2D eigenvalue weighted by atomic mass is 10.0. The molecule has 0 aliphatic carbocycles. The van der Waals surface area contributed by atoms with Gasteiger partial charge in [-0.2, -0.15) is 0 Å². The summed E-state index contributed by atoms with van der Waals surface area (Å²) in [7, 11) is 0. The summed E-state index contributed by atoms with van der Waals surface area (Å²) in [6.45, 7) is 4.89. The van der Waals surface area contributed by atoms with Gasteiger partial charge in [0.25, 0.3) is 0 Å². The maximum Gasteiger partial charge on any atom is 0.305 e. The molecule has 2 atom stereocenters. The number of carbonyl (C=O) groups excluding carboxylic acids is 2. The quantitative estimate of drug-likeness (QED) is 0.0320. The van der Waals surface area contributed by atoms with Crippen LogP contribution < -0.4 is 5.32 Å². The van der Waals surface area contributed by atoms with Crippen LogP contribution in [-0.2, 0) is 14.3 Å². The van der Waals surface area contributed by atoms with Gasteiger partial charge in [-0.25, -0.2) is 0 Å². The number of ether oxygens (including phenoxy) is 1. The third kappa shape index (κ3) is 59.3. The highest BCUT2D eigenvalue weighted by molar-refractivity contribution is 5.76. The Morgan fingerprint density at radius 2 is 0.635 bits per heavy atom. The normalized spacial score (nSPS) is 12.8. The van der Waals surface area contributed by atoms with Crippen LogP contribution in [0, 0.1) is 0 Å². The fourth-order valence-corrected chi connectivity index (χ4v) is 10.3. The minimum absolute atomic E-state index is 0.0110. The van der Waals surface area contributed by atoms with Crippen LogP contribution in [-0.4, -0.2) is 47.4 Å². The Bertz CT molecular complexity index is 1200. The van der Waals surface area contributed by atoms with E-state index in [1.54, 1.807) is 6.08 Å². The number of aliphatic hydroxyl groups excluding tert-OH is 2. The van der Waals surface area contributed by atoms with E-state index in [1.807, 2.05) is 6.08 Å². The van der Waals surface area contributed by atoms with Gasteiger partial charge in [-0.1, -0.05) is 301 Å². The molecule has 2 unspecified atom stereocenters. The molecule has 0 bridgehead atoms. The highest BCUT2D eigenvalue weighted by Gasteiger charge is 2.18. The van der Waals surface area contributed by atoms with Crippen molar-refractivity contribution in [1.29, 1.82) is 0 Å². The first-order chi connectivity index (χ1) is 36.5. The second-order valence-corrected chi connectivity index (χ2v) is 22.8. The van der Waals surface area contributed by atoms with Crippen molar-refractivity contribution in [3.8, 4) is 0 Å². The van der Waals surface area contributed by atoms with Gasteiger partial charge in [-0.05, 0) is 83.5 Å². The van der Waals surface area contributed by atoms with Crippen LogP contribution in [0.4, 0.5) is 0 Å². The molecule has 6 nitrogen and oxygen atoms in total. The number of unbranched alkanes of at least 4 members (excludes halogenated alkanes) is 47. The zero-order valence-corrected chi connectivity index (χ0v) is 49.8. The van der Waals surface area contributed by atoms with E-state index >= 15 is 0 Å². The van der Waals surface area contributed by atoms with Crippen LogP contribution in [0.3, 0.4) is 0 Å². The van der Waals surface area contributed by atoms with E-state index < -0.39 is 12.1 Å². The van der Waals surface area contributed by atoms with Gasteiger partial charge in [0.2, 0.25) is 5.91 Å². The summed E-state index contributed by atoms with van der Waals surface area (Å²) in [4.78, 5) is 24.6. The predicted molar refractivity (Wildman–Crippen MR) is 324 cm³/mol. The summed E-state index contributed by atoms with van der Waals surface area (Å²) in [5.74, 6) is -0.0910. The Labute approximate surface area is 462 Å². The van der Waals surface area contributed by atoms with E-state index in [1.165, 1.54) is 263 Å². The van der Waals surface area contributed by atoms with Crippen molar-refractivity contribution in [2.24, 2.45) is 0 Å². The third-order valence-electron chi connectivity index (χ3n) is 15.4. The van der Waals surface area contributed by atoms with Gasteiger partial charge in [0, 0.05) is 12.8 Å². The number of nitrogens with one attached hydrogen (secondary N) is 1. The Balaban J connectivity index is 3.48. The number of hydrogen-bond acceptors (Lipinski definition) is 5. The average Bonchev–Trinajstić information content (AvgIpc) is 3.40. The van der Waals surface area contributed by atoms with E-state index in [4.69, 9.17) is 4.74 Å². The number of allylic oxidation sites excluding steroid dienone is 5. The van der Waals surface area contributed by atoms with Crippen molar-refractivity contribution in [2.75, 3.05) is 13.2 Å². The minimum atomic E-state index is -0.856. The van der Waals surface area contributed by atoms with Gasteiger partial charge in [0.1, 0.15) is 0 Å². The second kappa shape index (κ2) is 63.6. The molecule has 0 radical (unpaired) electrons.